The van der Waals surface area contributed by atoms with Gasteiger partial charge in [0.25, 0.3) is 0 Å². The molecule has 0 bridgehead atoms. The molecule has 5 heteroatoms. The van der Waals surface area contributed by atoms with Crippen LogP contribution in [0.25, 0.3) is 0 Å². The summed E-state index contributed by atoms with van der Waals surface area (Å²) in [4.78, 5) is 8.18. The van der Waals surface area contributed by atoms with Crippen LogP contribution in [0.3, 0.4) is 0 Å². The molecule has 3 N–H and O–H groups in total. The Hall–Kier alpha value is -1.03. The van der Waals surface area contributed by atoms with Gasteiger partial charge in [-0.2, -0.15) is 4.98 Å². The molecule has 2 atom stereocenters. The smallest absolute Gasteiger partial charge is 0.224 e. The van der Waals surface area contributed by atoms with Crippen LogP contribution < -0.4 is 11.1 Å². The van der Waals surface area contributed by atoms with E-state index in [9.17, 15) is 0 Å². The van der Waals surface area contributed by atoms with Gasteiger partial charge in [-0.05, 0) is 43.2 Å². The summed E-state index contributed by atoms with van der Waals surface area (Å²) in [6.07, 6.45) is 6.63. The average molecular weight is 283 g/mol. The number of nitrogens with zero attached hydrogens (tertiary/aromatic N) is 2. The SMILES string of the molecule is Cc1nc(Cl)nc(NCCC2CCCC(C)C2)c1N. The second kappa shape index (κ2) is 6.42. The third kappa shape index (κ3) is 3.96. The molecule has 0 radical (unpaired) electrons. The Morgan fingerprint density at radius 2 is 2.16 bits per heavy atom. The second-order valence-corrected chi connectivity index (χ2v) is 6.03. The molecule has 1 aromatic heterocycles. The van der Waals surface area contributed by atoms with E-state index in [1.54, 1.807) is 0 Å². The van der Waals surface area contributed by atoms with Gasteiger partial charge in [0.2, 0.25) is 5.28 Å². The predicted molar refractivity (Wildman–Crippen MR) is 80.4 cm³/mol. The number of hydrogen-bond acceptors (Lipinski definition) is 4. The predicted octanol–water partition coefficient (Wildman–Crippen LogP) is 3.65. The lowest BCUT2D eigenvalue weighted by molar-refractivity contribution is 0.274. The van der Waals surface area contributed by atoms with Crippen LogP contribution in [-0.2, 0) is 0 Å². The molecule has 0 saturated heterocycles. The number of anilines is 2. The van der Waals surface area contributed by atoms with E-state index in [0.717, 1.165) is 24.1 Å². The topological polar surface area (TPSA) is 63.8 Å². The molecular formula is C14H23ClN4. The zero-order valence-electron chi connectivity index (χ0n) is 11.7. The van der Waals surface area contributed by atoms with Crippen molar-refractivity contribution >= 4 is 23.1 Å². The van der Waals surface area contributed by atoms with Gasteiger partial charge in [-0.1, -0.05) is 26.2 Å². The zero-order chi connectivity index (χ0) is 13.8. The molecule has 4 nitrogen and oxygen atoms in total. The molecule has 1 fully saturated rings. The normalized spacial score (nSPS) is 23.3. The van der Waals surface area contributed by atoms with Crippen LogP contribution in [-0.4, -0.2) is 16.5 Å². The number of nitrogens with one attached hydrogen (secondary N) is 1. The van der Waals surface area contributed by atoms with Crippen molar-refractivity contribution in [1.29, 1.82) is 0 Å². The maximum Gasteiger partial charge on any atom is 0.224 e. The Kier molecular flexibility index (Phi) is 4.86. The largest absolute Gasteiger partial charge is 0.394 e. The molecule has 0 aromatic carbocycles. The number of rotatable bonds is 4. The summed E-state index contributed by atoms with van der Waals surface area (Å²) in [5.41, 5.74) is 7.28. The van der Waals surface area contributed by atoms with Crippen molar-refractivity contribution in [2.45, 2.75) is 46.0 Å². The van der Waals surface area contributed by atoms with Gasteiger partial charge in [0, 0.05) is 6.54 Å². The third-order valence-electron chi connectivity index (χ3n) is 4.00. The van der Waals surface area contributed by atoms with Gasteiger partial charge in [0.15, 0.2) is 5.82 Å². The molecule has 1 aliphatic rings. The van der Waals surface area contributed by atoms with E-state index in [-0.39, 0.29) is 5.28 Å². The van der Waals surface area contributed by atoms with Crippen LogP contribution in [0, 0.1) is 18.8 Å². The van der Waals surface area contributed by atoms with Gasteiger partial charge in [-0.25, -0.2) is 4.98 Å². The molecule has 106 valence electrons. The first-order valence-corrected chi connectivity index (χ1v) is 7.47. The van der Waals surface area contributed by atoms with E-state index in [1.165, 1.54) is 32.1 Å². The highest BCUT2D eigenvalue weighted by Crippen LogP contribution is 2.30. The van der Waals surface area contributed by atoms with E-state index < -0.39 is 0 Å². The van der Waals surface area contributed by atoms with E-state index in [4.69, 9.17) is 17.3 Å². The lowest BCUT2D eigenvalue weighted by Crippen LogP contribution is -2.17. The average Bonchev–Trinajstić information content (AvgIpc) is 2.35. The molecule has 2 unspecified atom stereocenters. The minimum absolute atomic E-state index is 0.250. The highest BCUT2D eigenvalue weighted by atomic mass is 35.5. The first-order chi connectivity index (χ1) is 9.06. The van der Waals surface area contributed by atoms with Crippen LogP contribution in [0.4, 0.5) is 11.5 Å². The fraction of sp³-hybridized carbons (Fsp3) is 0.714. The number of aryl methyl sites for hydroxylation is 1. The fourth-order valence-electron chi connectivity index (χ4n) is 2.90. The number of nitrogen functional groups attached to an aromatic ring is 1. The quantitative estimate of drug-likeness (QED) is 0.828. The Balaban J connectivity index is 1.85. The minimum atomic E-state index is 0.250. The number of nitrogens with two attached hydrogens (primary N) is 1. The van der Waals surface area contributed by atoms with Crippen molar-refractivity contribution in [2.75, 3.05) is 17.6 Å². The molecule has 0 amide bonds. The number of halogens is 1. The molecule has 0 spiro atoms. The molecular weight excluding hydrogens is 260 g/mol. The maximum atomic E-state index is 5.95. The fourth-order valence-corrected chi connectivity index (χ4v) is 3.11. The Bertz CT molecular complexity index is 436. The lowest BCUT2D eigenvalue weighted by atomic mass is 9.81. The number of hydrogen-bond donors (Lipinski definition) is 2. The Morgan fingerprint density at radius 3 is 2.89 bits per heavy atom. The van der Waals surface area contributed by atoms with Crippen molar-refractivity contribution < 1.29 is 0 Å². The first kappa shape index (κ1) is 14.4. The molecule has 2 rings (SSSR count). The van der Waals surface area contributed by atoms with Crippen molar-refractivity contribution in [2.24, 2.45) is 11.8 Å². The van der Waals surface area contributed by atoms with Gasteiger partial charge < -0.3 is 11.1 Å². The lowest BCUT2D eigenvalue weighted by Gasteiger charge is -2.26. The standard InChI is InChI=1S/C14H23ClN4/c1-9-4-3-5-11(8-9)6-7-17-13-12(16)10(2)18-14(15)19-13/h9,11H,3-8,16H2,1-2H3,(H,17,18,19). The Morgan fingerprint density at radius 1 is 1.37 bits per heavy atom. The van der Waals surface area contributed by atoms with Crippen molar-refractivity contribution in [3.8, 4) is 0 Å². The number of aromatic nitrogens is 2. The molecule has 1 heterocycles. The van der Waals surface area contributed by atoms with Gasteiger partial charge in [-0.3, -0.25) is 0 Å². The maximum absolute atomic E-state index is 5.95. The van der Waals surface area contributed by atoms with Gasteiger partial charge in [0.05, 0.1) is 11.4 Å². The highest BCUT2D eigenvalue weighted by molar-refractivity contribution is 6.28. The second-order valence-electron chi connectivity index (χ2n) is 5.69. The van der Waals surface area contributed by atoms with Gasteiger partial charge in [0.1, 0.15) is 0 Å². The summed E-state index contributed by atoms with van der Waals surface area (Å²) < 4.78 is 0. The summed E-state index contributed by atoms with van der Waals surface area (Å²) in [5.74, 6) is 2.37. The van der Waals surface area contributed by atoms with Crippen molar-refractivity contribution in [3.63, 3.8) is 0 Å². The molecule has 1 aromatic rings. The molecule has 1 aliphatic carbocycles. The summed E-state index contributed by atoms with van der Waals surface area (Å²) in [6.45, 7) is 5.09. The van der Waals surface area contributed by atoms with Crippen LogP contribution >= 0.6 is 11.6 Å². The summed E-state index contributed by atoms with van der Waals surface area (Å²) in [7, 11) is 0. The van der Waals surface area contributed by atoms with E-state index >= 15 is 0 Å². The zero-order valence-corrected chi connectivity index (χ0v) is 12.5. The molecule has 19 heavy (non-hydrogen) atoms. The van der Waals surface area contributed by atoms with E-state index in [1.807, 2.05) is 6.92 Å². The van der Waals surface area contributed by atoms with Crippen molar-refractivity contribution in [1.82, 2.24) is 9.97 Å². The van der Waals surface area contributed by atoms with E-state index in [0.29, 0.717) is 11.5 Å². The van der Waals surface area contributed by atoms with Crippen LogP contribution in [0.1, 0.15) is 44.7 Å². The minimum Gasteiger partial charge on any atom is -0.394 e. The van der Waals surface area contributed by atoms with Crippen LogP contribution in [0.2, 0.25) is 5.28 Å². The van der Waals surface area contributed by atoms with E-state index in [2.05, 4.69) is 22.2 Å². The molecule has 0 aliphatic heterocycles. The first-order valence-electron chi connectivity index (χ1n) is 7.09. The Labute approximate surface area is 120 Å². The highest BCUT2D eigenvalue weighted by Gasteiger charge is 2.18. The van der Waals surface area contributed by atoms with Crippen molar-refractivity contribution in [3.05, 3.63) is 11.0 Å². The van der Waals surface area contributed by atoms with Crippen LogP contribution in [0.5, 0.6) is 0 Å². The monoisotopic (exact) mass is 282 g/mol. The van der Waals surface area contributed by atoms with Gasteiger partial charge in [-0.15, -0.1) is 0 Å². The van der Waals surface area contributed by atoms with Gasteiger partial charge >= 0.3 is 0 Å². The summed E-state index contributed by atoms with van der Waals surface area (Å²) >= 11 is 5.85. The van der Waals surface area contributed by atoms with Crippen LogP contribution in [0.15, 0.2) is 0 Å². The third-order valence-corrected chi connectivity index (χ3v) is 4.17. The molecule has 1 saturated carbocycles. The summed E-state index contributed by atoms with van der Waals surface area (Å²) in [6, 6.07) is 0. The summed E-state index contributed by atoms with van der Waals surface area (Å²) in [5, 5.41) is 3.55.